The molecule has 1 aromatic heterocycles. The maximum absolute atomic E-state index is 4.61. The summed E-state index contributed by atoms with van der Waals surface area (Å²) in [5.74, 6) is 1.20. The van der Waals surface area contributed by atoms with Crippen LogP contribution in [0.1, 0.15) is 26.1 Å². The predicted octanol–water partition coefficient (Wildman–Crippen LogP) is 3.43. The molecule has 0 amide bonds. The van der Waals surface area contributed by atoms with Crippen molar-refractivity contribution in [2.24, 2.45) is 0 Å². The lowest BCUT2D eigenvalue weighted by molar-refractivity contribution is 0.659. The zero-order valence-electron chi connectivity index (χ0n) is 9.23. The van der Waals surface area contributed by atoms with Crippen molar-refractivity contribution in [3.05, 3.63) is 30.1 Å². The van der Waals surface area contributed by atoms with Crippen LogP contribution in [-0.4, -0.2) is 9.55 Å². The van der Waals surface area contributed by atoms with E-state index in [1.165, 1.54) is 11.3 Å². The van der Waals surface area contributed by atoms with Gasteiger partial charge in [0.2, 0.25) is 0 Å². The quantitative estimate of drug-likeness (QED) is 0.781. The van der Waals surface area contributed by atoms with E-state index in [1.807, 2.05) is 6.07 Å². The number of aryl methyl sites for hydroxylation is 2. The Kier molecular flexibility index (Phi) is 4.15. The lowest BCUT2D eigenvalue weighted by Gasteiger charge is -2.05. The summed E-state index contributed by atoms with van der Waals surface area (Å²) in [6.45, 7) is 5.44. The van der Waals surface area contributed by atoms with Crippen LogP contribution < -0.4 is 0 Å². The highest BCUT2D eigenvalue weighted by Crippen LogP contribution is 2.16. The summed E-state index contributed by atoms with van der Waals surface area (Å²) >= 11 is 0. The van der Waals surface area contributed by atoms with Crippen LogP contribution in [0.25, 0.3) is 11.0 Å². The van der Waals surface area contributed by atoms with Gasteiger partial charge in [0.15, 0.2) is 0 Å². The number of hydrogen-bond acceptors (Lipinski definition) is 1. The second kappa shape index (κ2) is 5.17. The van der Waals surface area contributed by atoms with Gasteiger partial charge < -0.3 is 4.57 Å². The highest BCUT2D eigenvalue weighted by Gasteiger charge is 2.06. The lowest BCUT2D eigenvalue weighted by Crippen LogP contribution is -2.01. The summed E-state index contributed by atoms with van der Waals surface area (Å²) in [6, 6.07) is 8.36. The Morgan fingerprint density at radius 1 is 1.20 bits per heavy atom. The Labute approximate surface area is 96.7 Å². The van der Waals surface area contributed by atoms with Gasteiger partial charge in [-0.1, -0.05) is 26.0 Å². The minimum Gasteiger partial charge on any atom is -0.328 e. The summed E-state index contributed by atoms with van der Waals surface area (Å²) in [7, 11) is 0. The molecule has 2 rings (SSSR count). The van der Waals surface area contributed by atoms with Gasteiger partial charge in [-0.05, 0) is 18.6 Å². The number of hydrogen-bond donors (Lipinski definition) is 0. The molecule has 82 valence electrons. The van der Waals surface area contributed by atoms with Crippen molar-refractivity contribution in [3.8, 4) is 0 Å². The third kappa shape index (κ3) is 2.15. The van der Waals surface area contributed by atoms with Crippen LogP contribution >= 0.6 is 12.4 Å². The Balaban J connectivity index is 0.00000112. The molecule has 0 saturated carbocycles. The molecule has 15 heavy (non-hydrogen) atoms. The van der Waals surface area contributed by atoms with Crippen LogP contribution in [0.3, 0.4) is 0 Å². The van der Waals surface area contributed by atoms with Crippen LogP contribution in [0.5, 0.6) is 0 Å². The molecule has 0 aliphatic rings. The van der Waals surface area contributed by atoms with Gasteiger partial charge in [-0.25, -0.2) is 4.98 Å². The molecular weight excluding hydrogens is 208 g/mol. The molecule has 0 spiro atoms. The summed E-state index contributed by atoms with van der Waals surface area (Å²) in [4.78, 5) is 4.61. The van der Waals surface area contributed by atoms with Gasteiger partial charge in [-0.15, -0.1) is 12.4 Å². The van der Waals surface area contributed by atoms with E-state index in [1.54, 1.807) is 0 Å². The third-order valence-corrected chi connectivity index (χ3v) is 2.50. The molecule has 0 N–H and O–H groups in total. The fourth-order valence-electron chi connectivity index (χ4n) is 1.87. The molecular formula is C12H17ClN2. The van der Waals surface area contributed by atoms with Crippen molar-refractivity contribution < 1.29 is 0 Å². The average molecular weight is 225 g/mol. The molecule has 1 heterocycles. The molecule has 2 nitrogen and oxygen atoms in total. The fourth-order valence-corrected chi connectivity index (χ4v) is 1.87. The Morgan fingerprint density at radius 2 is 1.93 bits per heavy atom. The van der Waals surface area contributed by atoms with Gasteiger partial charge >= 0.3 is 0 Å². The number of aromatic nitrogens is 2. The van der Waals surface area contributed by atoms with E-state index in [4.69, 9.17) is 0 Å². The van der Waals surface area contributed by atoms with E-state index in [9.17, 15) is 0 Å². The molecule has 0 bridgehead atoms. The van der Waals surface area contributed by atoms with Gasteiger partial charge in [0.25, 0.3) is 0 Å². The highest BCUT2D eigenvalue weighted by atomic mass is 35.5. The van der Waals surface area contributed by atoms with Crippen molar-refractivity contribution >= 4 is 23.4 Å². The lowest BCUT2D eigenvalue weighted by atomic mass is 10.3. The molecule has 0 unspecified atom stereocenters. The standard InChI is InChI=1S/C12H16N2.ClH/c1-3-9-14-11-8-6-5-7-10(11)13-12(14)4-2;/h5-8H,3-4,9H2,1-2H3;1H. The number of nitrogens with zero attached hydrogens (tertiary/aromatic N) is 2. The molecule has 1 aromatic carbocycles. The highest BCUT2D eigenvalue weighted by molar-refractivity contribution is 5.85. The van der Waals surface area contributed by atoms with Gasteiger partial charge in [0, 0.05) is 13.0 Å². The number of fused-ring (bicyclic) bond motifs is 1. The van der Waals surface area contributed by atoms with E-state index < -0.39 is 0 Å². The van der Waals surface area contributed by atoms with Crippen molar-refractivity contribution in [2.45, 2.75) is 33.2 Å². The maximum Gasteiger partial charge on any atom is 0.109 e. The zero-order chi connectivity index (χ0) is 9.97. The summed E-state index contributed by atoms with van der Waals surface area (Å²) in [5.41, 5.74) is 2.39. The van der Waals surface area contributed by atoms with Crippen LogP contribution in [0.2, 0.25) is 0 Å². The molecule has 0 aliphatic heterocycles. The first kappa shape index (κ1) is 12.1. The molecule has 3 heteroatoms. The topological polar surface area (TPSA) is 17.8 Å². The van der Waals surface area contributed by atoms with E-state index in [0.29, 0.717) is 0 Å². The first-order chi connectivity index (χ1) is 6.86. The number of para-hydroxylation sites is 2. The van der Waals surface area contributed by atoms with Crippen LogP contribution in [0.15, 0.2) is 24.3 Å². The normalized spacial score (nSPS) is 10.3. The minimum atomic E-state index is 0. The first-order valence-electron chi connectivity index (χ1n) is 5.31. The summed E-state index contributed by atoms with van der Waals surface area (Å²) in [5, 5.41) is 0. The second-order valence-corrected chi connectivity index (χ2v) is 3.52. The maximum atomic E-state index is 4.61. The van der Waals surface area contributed by atoms with Gasteiger partial charge in [-0.2, -0.15) is 0 Å². The second-order valence-electron chi connectivity index (χ2n) is 3.52. The smallest absolute Gasteiger partial charge is 0.109 e. The monoisotopic (exact) mass is 224 g/mol. The predicted molar refractivity (Wildman–Crippen MR) is 66.7 cm³/mol. The first-order valence-corrected chi connectivity index (χ1v) is 5.31. The number of halogens is 1. The van der Waals surface area contributed by atoms with Crippen molar-refractivity contribution in [3.63, 3.8) is 0 Å². The minimum absolute atomic E-state index is 0. The van der Waals surface area contributed by atoms with Gasteiger partial charge in [0.1, 0.15) is 5.82 Å². The molecule has 0 fully saturated rings. The van der Waals surface area contributed by atoms with Crippen molar-refractivity contribution in [1.82, 2.24) is 9.55 Å². The number of benzene rings is 1. The SMILES string of the molecule is CCCn1c(CC)nc2ccccc21.Cl. The number of imidazole rings is 1. The molecule has 0 aliphatic carbocycles. The fraction of sp³-hybridized carbons (Fsp3) is 0.417. The Bertz CT molecular complexity index is 434. The summed E-state index contributed by atoms with van der Waals surface area (Å²) < 4.78 is 2.33. The van der Waals surface area contributed by atoms with Crippen LogP contribution in [0.4, 0.5) is 0 Å². The molecule has 0 saturated heterocycles. The summed E-state index contributed by atoms with van der Waals surface area (Å²) in [6.07, 6.45) is 2.17. The molecule has 0 radical (unpaired) electrons. The Hall–Kier alpha value is -1.02. The van der Waals surface area contributed by atoms with E-state index in [2.05, 4.69) is 41.6 Å². The molecule has 0 atom stereocenters. The average Bonchev–Trinajstić information content (AvgIpc) is 2.58. The Morgan fingerprint density at radius 3 is 2.60 bits per heavy atom. The van der Waals surface area contributed by atoms with E-state index >= 15 is 0 Å². The third-order valence-electron chi connectivity index (χ3n) is 2.50. The van der Waals surface area contributed by atoms with E-state index in [-0.39, 0.29) is 12.4 Å². The van der Waals surface area contributed by atoms with Crippen LogP contribution in [0, 0.1) is 0 Å². The molecule has 2 aromatic rings. The van der Waals surface area contributed by atoms with Crippen molar-refractivity contribution in [2.75, 3.05) is 0 Å². The number of rotatable bonds is 3. The van der Waals surface area contributed by atoms with Gasteiger partial charge in [-0.3, -0.25) is 0 Å². The van der Waals surface area contributed by atoms with Gasteiger partial charge in [0.05, 0.1) is 11.0 Å². The van der Waals surface area contributed by atoms with Crippen molar-refractivity contribution in [1.29, 1.82) is 0 Å². The van der Waals surface area contributed by atoms with Crippen LogP contribution in [-0.2, 0) is 13.0 Å². The largest absolute Gasteiger partial charge is 0.328 e. The zero-order valence-corrected chi connectivity index (χ0v) is 10.0. The van der Waals surface area contributed by atoms with E-state index in [0.717, 1.165) is 24.9 Å².